The molecule has 0 aliphatic rings. The zero-order valence-corrected chi connectivity index (χ0v) is 18.4. The Balaban J connectivity index is 1.93. The fraction of sp³-hybridized carbons (Fsp3) is 0.227. The second kappa shape index (κ2) is 9.32. The van der Waals surface area contributed by atoms with E-state index in [0.29, 0.717) is 33.4 Å². The van der Waals surface area contributed by atoms with Crippen LogP contribution >= 0.6 is 23.2 Å². The van der Waals surface area contributed by atoms with E-state index in [4.69, 9.17) is 23.2 Å². The molecule has 6 nitrogen and oxygen atoms in total. The van der Waals surface area contributed by atoms with Crippen LogP contribution in [0.4, 0.5) is 11.4 Å². The standard InChI is InChI=1S/C22H22Cl2N4O2/c1-4-20(29)26-15-8-9-18(24)19(11-15)27-22(30)17-12-25-28(21(17)13(2)3)16-7-5-6-14(23)10-16/h5-13H,4H2,1-3H3,(H,26,29)(H,27,30). The highest BCUT2D eigenvalue weighted by molar-refractivity contribution is 6.34. The monoisotopic (exact) mass is 444 g/mol. The van der Waals surface area contributed by atoms with Gasteiger partial charge in [0.1, 0.15) is 0 Å². The fourth-order valence-corrected chi connectivity index (χ4v) is 3.39. The van der Waals surface area contributed by atoms with Crippen LogP contribution in [0.25, 0.3) is 5.69 Å². The molecule has 0 saturated heterocycles. The van der Waals surface area contributed by atoms with E-state index in [0.717, 1.165) is 11.4 Å². The molecule has 1 heterocycles. The van der Waals surface area contributed by atoms with Crippen LogP contribution in [-0.4, -0.2) is 21.6 Å². The van der Waals surface area contributed by atoms with Crippen molar-refractivity contribution in [3.8, 4) is 5.69 Å². The molecule has 2 amide bonds. The van der Waals surface area contributed by atoms with Crippen molar-refractivity contribution < 1.29 is 9.59 Å². The van der Waals surface area contributed by atoms with Crippen LogP contribution < -0.4 is 10.6 Å². The number of aromatic nitrogens is 2. The molecule has 8 heteroatoms. The average molecular weight is 445 g/mol. The number of hydrogen-bond donors (Lipinski definition) is 2. The minimum absolute atomic E-state index is 0.0258. The van der Waals surface area contributed by atoms with Crippen LogP contribution in [0.2, 0.25) is 10.0 Å². The summed E-state index contributed by atoms with van der Waals surface area (Å²) in [5, 5.41) is 10.9. The predicted octanol–water partition coefficient (Wildman–Crippen LogP) is 5.90. The number of hydrogen-bond acceptors (Lipinski definition) is 3. The summed E-state index contributed by atoms with van der Waals surface area (Å²) in [7, 11) is 0. The van der Waals surface area contributed by atoms with Crippen LogP contribution in [0.1, 0.15) is 49.2 Å². The Morgan fingerprint density at radius 2 is 1.87 bits per heavy atom. The summed E-state index contributed by atoms with van der Waals surface area (Å²) in [5.41, 5.74) is 2.92. The maximum Gasteiger partial charge on any atom is 0.259 e. The first-order valence-corrected chi connectivity index (χ1v) is 10.3. The molecule has 3 aromatic rings. The van der Waals surface area contributed by atoms with E-state index in [1.807, 2.05) is 26.0 Å². The molecule has 1 aromatic heterocycles. The summed E-state index contributed by atoms with van der Waals surface area (Å²) in [6.45, 7) is 5.74. The maximum absolute atomic E-state index is 13.1. The second-order valence-corrected chi connectivity index (χ2v) is 7.88. The SMILES string of the molecule is CCC(=O)Nc1ccc(Cl)c(NC(=O)c2cnn(-c3cccc(Cl)c3)c2C(C)C)c1. The highest BCUT2D eigenvalue weighted by Crippen LogP contribution is 2.29. The first-order valence-electron chi connectivity index (χ1n) is 9.54. The normalized spacial score (nSPS) is 10.9. The van der Waals surface area contributed by atoms with E-state index in [-0.39, 0.29) is 17.7 Å². The zero-order chi connectivity index (χ0) is 21.8. The molecule has 30 heavy (non-hydrogen) atoms. The molecule has 0 unspecified atom stereocenters. The lowest BCUT2D eigenvalue weighted by atomic mass is 10.0. The van der Waals surface area contributed by atoms with Crippen molar-refractivity contribution in [3.05, 3.63) is 70.0 Å². The van der Waals surface area contributed by atoms with E-state index < -0.39 is 0 Å². The molecule has 156 valence electrons. The topological polar surface area (TPSA) is 76.0 Å². The largest absolute Gasteiger partial charge is 0.326 e. The number of nitrogens with one attached hydrogen (secondary N) is 2. The zero-order valence-electron chi connectivity index (χ0n) is 16.9. The highest BCUT2D eigenvalue weighted by atomic mass is 35.5. The Morgan fingerprint density at radius 3 is 2.53 bits per heavy atom. The minimum atomic E-state index is -0.340. The van der Waals surface area contributed by atoms with Crippen LogP contribution in [0.5, 0.6) is 0 Å². The number of halogens is 2. The van der Waals surface area contributed by atoms with Gasteiger partial charge in [0.2, 0.25) is 5.91 Å². The lowest BCUT2D eigenvalue weighted by Crippen LogP contribution is -2.16. The number of rotatable bonds is 6. The van der Waals surface area contributed by atoms with Gasteiger partial charge in [-0.3, -0.25) is 9.59 Å². The Hall–Kier alpha value is -2.83. The van der Waals surface area contributed by atoms with Gasteiger partial charge in [-0.15, -0.1) is 0 Å². The summed E-state index contributed by atoms with van der Waals surface area (Å²) in [4.78, 5) is 24.7. The van der Waals surface area contributed by atoms with Gasteiger partial charge in [-0.05, 0) is 42.3 Å². The number of anilines is 2. The third kappa shape index (κ3) is 4.83. The van der Waals surface area contributed by atoms with Gasteiger partial charge >= 0.3 is 0 Å². The Bertz CT molecular complexity index is 1090. The number of carbonyl (C=O) groups excluding carboxylic acids is 2. The first-order chi connectivity index (χ1) is 14.3. The maximum atomic E-state index is 13.1. The van der Waals surface area contributed by atoms with Gasteiger partial charge in [-0.1, -0.05) is 50.0 Å². The first kappa shape index (κ1) is 21.9. The van der Waals surface area contributed by atoms with Gasteiger partial charge in [-0.2, -0.15) is 5.10 Å². The van der Waals surface area contributed by atoms with E-state index in [1.54, 1.807) is 41.9 Å². The molecular weight excluding hydrogens is 423 g/mol. The number of carbonyl (C=O) groups is 2. The molecular formula is C22H22Cl2N4O2. The lowest BCUT2D eigenvalue weighted by Gasteiger charge is -2.14. The molecule has 2 N–H and O–H groups in total. The van der Waals surface area contributed by atoms with Crippen LogP contribution in [0, 0.1) is 0 Å². The smallest absolute Gasteiger partial charge is 0.259 e. The summed E-state index contributed by atoms with van der Waals surface area (Å²) in [5.74, 6) is -0.440. The van der Waals surface area contributed by atoms with Gasteiger partial charge in [0.05, 0.1) is 33.9 Å². The molecule has 3 rings (SSSR count). The van der Waals surface area contributed by atoms with Crippen molar-refractivity contribution in [2.24, 2.45) is 0 Å². The highest BCUT2D eigenvalue weighted by Gasteiger charge is 2.22. The van der Waals surface area contributed by atoms with Crippen molar-refractivity contribution >= 4 is 46.4 Å². The number of amides is 2. The van der Waals surface area contributed by atoms with Crippen LogP contribution in [0.15, 0.2) is 48.7 Å². The molecule has 0 spiro atoms. The van der Waals surface area contributed by atoms with Crippen molar-refractivity contribution in [2.45, 2.75) is 33.1 Å². The van der Waals surface area contributed by atoms with Gasteiger partial charge in [0, 0.05) is 17.1 Å². The summed E-state index contributed by atoms with van der Waals surface area (Å²) in [6.07, 6.45) is 1.88. The molecule has 0 atom stereocenters. The summed E-state index contributed by atoms with van der Waals surface area (Å²) in [6, 6.07) is 12.2. The molecule has 0 radical (unpaired) electrons. The van der Waals surface area contributed by atoms with E-state index >= 15 is 0 Å². The second-order valence-electron chi connectivity index (χ2n) is 7.04. The Morgan fingerprint density at radius 1 is 1.10 bits per heavy atom. The third-order valence-electron chi connectivity index (χ3n) is 4.47. The lowest BCUT2D eigenvalue weighted by molar-refractivity contribution is -0.115. The van der Waals surface area contributed by atoms with E-state index in [9.17, 15) is 9.59 Å². The Kier molecular flexibility index (Phi) is 6.80. The number of nitrogens with zero attached hydrogens (tertiary/aromatic N) is 2. The fourth-order valence-electron chi connectivity index (χ4n) is 3.04. The van der Waals surface area contributed by atoms with Gasteiger partial charge in [-0.25, -0.2) is 4.68 Å². The van der Waals surface area contributed by atoms with Gasteiger partial charge < -0.3 is 10.6 Å². The molecule has 0 aliphatic heterocycles. The van der Waals surface area contributed by atoms with Crippen molar-refractivity contribution in [1.29, 1.82) is 0 Å². The number of benzene rings is 2. The van der Waals surface area contributed by atoms with Crippen LogP contribution in [-0.2, 0) is 4.79 Å². The Labute approximate surface area is 185 Å². The molecule has 0 saturated carbocycles. The molecule has 2 aromatic carbocycles. The van der Waals surface area contributed by atoms with Gasteiger partial charge in [0.15, 0.2) is 0 Å². The van der Waals surface area contributed by atoms with E-state index in [2.05, 4.69) is 15.7 Å². The quantitative estimate of drug-likeness (QED) is 0.496. The average Bonchev–Trinajstić information content (AvgIpc) is 3.16. The predicted molar refractivity (Wildman–Crippen MR) is 121 cm³/mol. The summed E-state index contributed by atoms with van der Waals surface area (Å²) < 4.78 is 1.71. The summed E-state index contributed by atoms with van der Waals surface area (Å²) >= 11 is 12.4. The van der Waals surface area contributed by atoms with Crippen LogP contribution in [0.3, 0.4) is 0 Å². The molecule has 0 aliphatic carbocycles. The van der Waals surface area contributed by atoms with Gasteiger partial charge in [0.25, 0.3) is 5.91 Å². The van der Waals surface area contributed by atoms with Crippen molar-refractivity contribution in [2.75, 3.05) is 10.6 Å². The van der Waals surface area contributed by atoms with Crippen molar-refractivity contribution in [3.63, 3.8) is 0 Å². The van der Waals surface area contributed by atoms with E-state index in [1.165, 1.54) is 6.20 Å². The minimum Gasteiger partial charge on any atom is -0.326 e. The molecule has 0 bridgehead atoms. The third-order valence-corrected chi connectivity index (χ3v) is 5.03. The van der Waals surface area contributed by atoms with Crippen molar-refractivity contribution in [1.82, 2.24) is 9.78 Å². The molecule has 0 fully saturated rings.